The first-order valence-electron chi connectivity index (χ1n) is 10.1. The van der Waals surface area contributed by atoms with Crippen molar-refractivity contribution in [3.63, 3.8) is 0 Å². The molecule has 0 unspecified atom stereocenters. The summed E-state index contributed by atoms with van der Waals surface area (Å²) >= 11 is 0. The Labute approximate surface area is 152 Å². The maximum absolute atomic E-state index is 12.3. The molecule has 3 rings (SSSR count). The van der Waals surface area contributed by atoms with E-state index in [2.05, 4.69) is 30.4 Å². The summed E-state index contributed by atoms with van der Waals surface area (Å²) in [6, 6.07) is 6.61. The van der Waals surface area contributed by atoms with Crippen LogP contribution in [0, 0.1) is 18.8 Å². The number of hydrogen-bond donors (Lipinski definition) is 1. The van der Waals surface area contributed by atoms with Gasteiger partial charge >= 0.3 is 0 Å². The highest BCUT2D eigenvalue weighted by atomic mass is 16.5. The lowest BCUT2D eigenvalue weighted by Gasteiger charge is -2.30. The molecule has 0 spiro atoms. The van der Waals surface area contributed by atoms with Crippen LogP contribution in [0.5, 0.6) is 5.75 Å². The largest absolute Gasteiger partial charge is 0.496 e. The predicted molar refractivity (Wildman–Crippen MR) is 102 cm³/mol. The predicted octanol–water partition coefficient (Wildman–Crippen LogP) is 4.97. The molecule has 2 aliphatic rings. The van der Waals surface area contributed by atoms with Gasteiger partial charge in [0.25, 0.3) is 0 Å². The zero-order valence-electron chi connectivity index (χ0n) is 15.9. The van der Waals surface area contributed by atoms with Gasteiger partial charge in [0.2, 0.25) is 5.91 Å². The molecule has 1 N–H and O–H groups in total. The quantitative estimate of drug-likeness (QED) is 0.819. The second-order valence-electron chi connectivity index (χ2n) is 8.03. The van der Waals surface area contributed by atoms with Gasteiger partial charge in [-0.1, -0.05) is 31.4 Å². The van der Waals surface area contributed by atoms with Gasteiger partial charge in [-0.25, -0.2) is 0 Å². The molecule has 0 aromatic heterocycles. The number of ether oxygens (including phenoxy) is 1. The summed E-state index contributed by atoms with van der Waals surface area (Å²) in [5, 5.41) is 3.25. The van der Waals surface area contributed by atoms with E-state index in [1.165, 1.54) is 56.1 Å². The van der Waals surface area contributed by atoms with E-state index in [9.17, 15) is 4.79 Å². The first-order valence-corrected chi connectivity index (χ1v) is 10.1. The van der Waals surface area contributed by atoms with E-state index in [1.54, 1.807) is 7.11 Å². The van der Waals surface area contributed by atoms with Gasteiger partial charge in [-0.3, -0.25) is 4.79 Å². The molecule has 2 fully saturated rings. The number of amides is 1. The molecule has 138 valence electrons. The van der Waals surface area contributed by atoms with Crippen molar-refractivity contribution in [2.45, 2.75) is 70.6 Å². The lowest BCUT2D eigenvalue weighted by molar-refractivity contribution is -0.126. The van der Waals surface area contributed by atoms with Crippen LogP contribution in [0.15, 0.2) is 18.2 Å². The van der Waals surface area contributed by atoms with Crippen LogP contribution < -0.4 is 10.1 Å². The van der Waals surface area contributed by atoms with Crippen molar-refractivity contribution >= 4 is 5.91 Å². The molecular weight excluding hydrogens is 310 g/mol. The van der Waals surface area contributed by atoms with E-state index in [-0.39, 0.29) is 5.92 Å². The summed E-state index contributed by atoms with van der Waals surface area (Å²) < 4.78 is 5.37. The van der Waals surface area contributed by atoms with Gasteiger partial charge in [-0.15, -0.1) is 0 Å². The SMILES string of the molecule is COc1ccc([C@H]2CC[C@H](CNC(=O)C3CCCCC3)CC2)cc1C. The number of hydrogen-bond acceptors (Lipinski definition) is 2. The fourth-order valence-electron chi connectivity index (χ4n) is 4.61. The van der Waals surface area contributed by atoms with Crippen LogP contribution in [0.25, 0.3) is 0 Å². The molecule has 2 saturated carbocycles. The van der Waals surface area contributed by atoms with Crippen molar-refractivity contribution in [1.29, 1.82) is 0 Å². The van der Waals surface area contributed by atoms with E-state index < -0.39 is 0 Å². The Morgan fingerprint density at radius 2 is 1.80 bits per heavy atom. The Morgan fingerprint density at radius 1 is 1.08 bits per heavy atom. The van der Waals surface area contributed by atoms with Crippen molar-refractivity contribution in [3.05, 3.63) is 29.3 Å². The third kappa shape index (κ3) is 4.77. The van der Waals surface area contributed by atoms with E-state index in [0.29, 0.717) is 17.7 Å². The summed E-state index contributed by atoms with van der Waals surface area (Å²) in [7, 11) is 1.73. The minimum atomic E-state index is 0.285. The number of benzene rings is 1. The van der Waals surface area contributed by atoms with Gasteiger partial charge in [-0.05, 0) is 74.5 Å². The Bertz CT molecular complexity index is 569. The first-order chi connectivity index (χ1) is 12.2. The summed E-state index contributed by atoms with van der Waals surface area (Å²) in [6.45, 7) is 3.00. The van der Waals surface area contributed by atoms with Gasteiger partial charge in [-0.2, -0.15) is 0 Å². The molecule has 25 heavy (non-hydrogen) atoms. The van der Waals surface area contributed by atoms with Crippen LogP contribution in [0.1, 0.15) is 74.8 Å². The molecule has 1 amide bonds. The lowest BCUT2D eigenvalue weighted by atomic mass is 9.78. The van der Waals surface area contributed by atoms with E-state index in [0.717, 1.165) is 25.1 Å². The number of rotatable bonds is 5. The minimum Gasteiger partial charge on any atom is -0.496 e. The average molecular weight is 344 g/mol. The molecule has 0 bridgehead atoms. The second-order valence-corrected chi connectivity index (χ2v) is 8.03. The molecule has 1 aromatic rings. The molecule has 0 radical (unpaired) electrons. The molecule has 0 atom stereocenters. The van der Waals surface area contributed by atoms with Crippen molar-refractivity contribution in [2.24, 2.45) is 11.8 Å². The summed E-state index contributed by atoms with van der Waals surface area (Å²) in [6.07, 6.45) is 10.9. The van der Waals surface area contributed by atoms with E-state index in [1.807, 2.05) is 0 Å². The summed E-state index contributed by atoms with van der Waals surface area (Å²) in [5.74, 6) is 2.89. The minimum absolute atomic E-state index is 0.285. The van der Waals surface area contributed by atoms with E-state index in [4.69, 9.17) is 4.74 Å². The fourth-order valence-corrected chi connectivity index (χ4v) is 4.61. The van der Waals surface area contributed by atoms with Gasteiger partial charge in [0.05, 0.1) is 7.11 Å². The maximum atomic E-state index is 12.3. The third-order valence-electron chi connectivity index (χ3n) is 6.28. The number of carbonyl (C=O) groups excluding carboxylic acids is 1. The van der Waals surface area contributed by atoms with E-state index >= 15 is 0 Å². The highest BCUT2D eigenvalue weighted by molar-refractivity contribution is 5.78. The van der Waals surface area contributed by atoms with Crippen LogP contribution in [0.4, 0.5) is 0 Å². The van der Waals surface area contributed by atoms with Gasteiger partial charge in [0, 0.05) is 12.5 Å². The Morgan fingerprint density at radius 3 is 2.44 bits per heavy atom. The summed E-state index contributed by atoms with van der Waals surface area (Å²) in [5.41, 5.74) is 2.67. The van der Waals surface area contributed by atoms with Crippen molar-refractivity contribution in [3.8, 4) is 5.75 Å². The first kappa shape index (κ1) is 18.3. The van der Waals surface area contributed by atoms with Gasteiger partial charge in [0.1, 0.15) is 5.75 Å². The number of aryl methyl sites for hydroxylation is 1. The molecule has 3 heteroatoms. The third-order valence-corrected chi connectivity index (χ3v) is 6.28. The molecule has 0 heterocycles. The standard InChI is InChI=1S/C22H33NO2/c1-16-14-20(12-13-21(16)25-2)18-10-8-17(9-11-18)15-23-22(24)19-6-4-3-5-7-19/h12-14,17-19H,3-11,15H2,1-2H3,(H,23,24)/t17-,18-. The van der Waals surface area contributed by atoms with Crippen LogP contribution in [0.3, 0.4) is 0 Å². The average Bonchev–Trinajstić information content (AvgIpc) is 2.67. The number of methoxy groups -OCH3 is 1. The molecule has 0 saturated heterocycles. The zero-order chi connectivity index (χ0) is 17.6. The molecule has 2 aliphatic carbocycles. The topological polar surface area (TPSA) is 38.3 Å². The smallest absolute Gasteiger partial charge is 0.223 e. The molecule has 0 aliphatic heterocycles. The molecular formula is C22H33NO2. The lowest BCUT2D eigenvalue weighted by Crippen LogP contribution is -2.36. The van der Waals surface area contributed by atoms with Crippen molar-refractivity contribution in [2.75, 3.05) is 13.7 Å². The fraction of sp³-hybridized carbons (Fsp3) is 0.682. The van der Waals surface area contributed by atoms with Crippen LogP contribution in [-0.4, -0.2) is 19.6 Å². The monoisotopic (exact) mass is 343 g/mol. The maximum Gasteiger partial charge on any atom is 0.223 e. The Kier molecular flexibility index (Phi) is 6.39. The molecule has 1 aromatic carbocycles. The van der Waals surface area contributed by atoms with Crippen LogP contribution in [0.2, 0.25) is 0 Å². The van der Waals surface area contributed by atoms with Gasteiger partial charge < -0.3 is 10.1 Å². The molecule has 3 nitrogen and oxygen atoms in total. The number of nitrogens with one attached hydrogen (secondary N) is 1. The normalized spacial score (nSPS) is 24.7. The summed E-state index contributed by atoms with van der Waals surface area (Å²) in [4.78, 5) is 12.3. The van der Waals surface area contributed by atoms with Crippen LogP contribution >= 0.6 is 0 Å². The Hall–Kier alpha value is -1.51. The van der Waals surface area contributed by atoms with Crippen molar-refractivity contribution in [1.82, 2.24) is 5.32 Å². The highest BCUT2D eigenvalue weighted by Gasteiger charge is 2.25. The van der Waals surface area contributed by atoms with Gasteiger partial charge in [0.15, 0.2) is 0 Å². The second kappa shape index (κ2) is 8.73. The Balaban J connectivity index is 1.44. The number of carbonyl (C=O) groups is 1. The highest BCUT2D eigenvalue weighted by Crippen LogP contribution is 2.37. The van der Waals surface area contributed by atoms with Crippen LogP contribution in [-0.2, 0) is 4.79 Å². The van der Waals surface area contributed by atoms with Crippen molar-refractivity contribution < 1.29 is 9.53 Å². The zero-order valence-corrected chi connectivity index (χ0v) is 15.9.